The predicted octanol–water partition coefficient (Wildman–Crippen LogP) is 11.7. The summed E-state index contributed by atoms with van der Waals surface area (Å²) in [6, 6.07) is 41.4. The highest BCUT2D eigenvalue weighted by Gasteiger charge is 2.57. The van der Waals surface area contributed by atoms with E-state index in [-0.39, 0.29) is 53.8 Å². The zero-order valence-corrected chi connectivity index (χ0v) is 44.6. The Labute approximate surface area is 466 Å². The lowest BCUT2D eigenvalue weighted by Crippen LogP contribution is -2.51. The largest absolute Gasteiger partial charge is 0.483 e. The summed E-state index contributed by atoms with van der Waals surface area (Å²) in [5, 5.41) is 26.8. The molecule has 3 aliphatic heterocycles. The van der Waals surface area contributed by atoms with Gasteiger partial charge in [-0.3, -0.25) is 14.3 Å². The van der Waals surface area contributed by atoms with Gasteiger partial charge in [-0.15, -0.1) is 23.5 Å². The van der Waals surface area contributed by atoms with Crippen LogP contribution in [0.2, 0.25) is 0 Å². The number of aromatic nitrogens is 1. The average Bonchev–Trinajstić information content (AvgIpc) is 4.33. The molecule has 80 heavy (non-hydrogen) atoms. The van der Waals surface area contributed by atoms with Crippen LogP contribution in [0, 0.1) is 34.1 Å². The number of rotatable bonds is 13. The number of hydrogen-bond donors (Lipinski definition) is 3. The van der Waals surface area contributed by atoms with Crippen molar-refractivity contribution in [3.63, 3.8) is 0 Å². The van der Waals surface area contributed by atoms with Crippen LogP contribution < -0.4 is 31.2 Å². The Morgan fingerprint density at radius 2 is 1.21 bits per heavy atom. The van der Waals surface area contributed by atoms with Crippen molar-refractivity contribution in [1.82, 2.24) is 9.74 Å². The van der Waals surface area contributed by atoms with Crippen LogP contribution in [0.3, 0.4) is 0 Å². The Hall–Kier alpha value is -7.16. The fourth-order valence-corrected chi connectivity index (χ4v) is 13.6. The van der Waals surface area contributed by atoms with Gasteiger partial charge in [-0.25, -0.2) is 22.5 Å². The topological polar surface area (TPSA) is 153 Å². The first-order valence-electron chi connectivity index (χ1n) is 26.2. The van der Waals surface area contributed by atoms with E-state index in [2.05, 4.69) is 5.01 Å². The molecule has 0 bridgehead atoms. The van der Waals surface area contributed by atoms with E-state index in [0.29, 0.717) is 47.5 Å². The van der Waals surface area contributed by atoms with Gasteiger partial charge in [0.15, 0.2) is 34.8 Å². The molecule has 5 aliphatic rings. The quantitative estimate of drug-likeness (QED) is 0.0742. The van der Waals surface area contributed by atoms with E-state index in [1.807, 2.05) is 109 Å². The van der Waals surface area contributed by atoms with Gasteiger partial charge < -0.3 is 29.1 Å². The van der Waals surface area contributed by atoms with Crippen molar-refractivity contribution in [2.24, 2.45) is 16.7 Å². The highest BCUT2D eigenvalue weighted by molar-refractivity contribution is 7.98. The number of thioether (sulfide) groups is 2. The van der Waals surface area contributed by atoms with Crippen LogP contribution in [0.15, 0.2) is 182 Å². The van der Waals surface area contributed by atoms with Crippen molar-refractivity contribution < 1.29 is 46.6 Å². The highest BCUT2D eigenvalue weighted by atomic mass is 32.2. The van der Waals surface area contributed by atoms with E-state index < -0.39 is 63.8 Å². The van der Waals surface area contributed by atoms with Gasteiger partial charge in [0.25, 0.3) is 0 Å². The number of aliphatic hydroxyl groups excluding tert-OH is 2. The maximum atomic E-state index is 15.2. The lowest BCUT2D eigenvalue weighted by atomic mass is 9.89. The van der Waals surface area contributed by atoms with E-state index in [1.54, 1.807) is 23.0 Å². The Morgan fingerprint density at radius 1 is 0.662 bits per heavy atom. The smallest absolute Gasteiger partial charge is 0.227 e. The number of pyridine rings is 1. The maximum absolute atomic E-state index is 15.2. The van der Waals surface area contributed by atoms with E-state index in [4.69, 9.17) is 24.7 Å². The van der Waals surface area contributed by atoms with Gasteiger partial charge in [-0.05, 0) is 83.3 Å². The summed E-state index contributed by atoms with van der Waals surface area (Å²) in [7, 11) is 0. The standard InChI is InChI=1S/C31H28F2N2O5S.C31H26F2N2O3S/c32-23-11-10-20-22(26(23)33)17-41-25-9-5-4-8-21(25)27(20)35(40-34)18-31(13-14-31)30(37)29-28(24(36)12-15-38-29)39-16-19-6-2-1-3-7-19;32-23-11-10-20-22(26(23)33)17-39-25-9-5-4-8-21(25)27(20)35-18-31(13-14-31)30(37)28-29(24(36)12-15-34(28)35)38-16-19-6-2-1-3-7-19/h1-12,15,27,30,37H,13-14,16-18,34H2;1-12,15,27,30,37H,13-14,16-18H2/t27-,30?;/m0./s1. The molecular formula is C62H54F4N4O8S2. The van der Waals surface area contributed by atoms with Crippen molar-refractivity contribution >= 4 is 23.5 Å². The normalized spacial score (nSPS) is 19.1. The van der Waals surface area contributed by atoms with Crippen molar-refractivity contribution in [2.45, 2.75) is 84.5 Å². The Balaban J connectivity index is 0.000000159. The fourth-order valence-electron chi connectivity index (χ4n) is 11.4. The number of nitrogens with two attached hydrogens (primary N) is 1. The molecule has 1 spiro atoms. The van der Waals surface area contributed by atoms with E-state index in [9.17, 15) is 28.6 Å². The number of fused-ring (bicyclic) bond motifs is 5. The molecule has 0 saturated heterocycles. The molecule has 2 saturated carbocycles. The zero-order chi connectivity index (χ0) is 55.3. The second-order valence-corrected chi connectivity index (χ2v) is 22.9. The van der Waals surface area contributed by atoms with Crippen molar-refractivity contribution in [3.8, 4) is 11.5 Å². The second kappa shape index (κ2) is 22.1. The lowest BCUT2D eigenvalue weighted by molar-refractivity contribution is -0.201. The van der Waals surface area contributed by atoms with Crippen molar-refractivity contribution in [2.75, 3.05) is 18.1 Å². The van der Waals surface area contributed by atoms with Crippen molar-refractivity contribution in [1.29, 1.82) is 0 Å². The molecule has 6 aromatic carbocycles. The van der Waals surface area contributed by atoms with Gasteiger partial charge in [0.1, 0.15) is 31.1 Å². The molecule has 0 amide bonds. The van der Waals surface area contributed by atoms with Crippen LogP contribution in [-0.2, 0) is 29.7 Å². The Kier molecular flexibility index (Phi) is 14.7. The first kappa shape index (κ1) is 53.5. The van der Waals surface area contributed by atoms with Crippen LogP contribution in [-0.4, -0.2) is 33.0 Å². The zero-order valence-electron chi connectivity index (χ0n) is 43.0. The Morgan fingerprint density at radius 3 is 1.82 bits per heavy atom. The monoisotopic (exact) mass is 1120 g/mol. The molecule has 5 heterocycles. The minimum absolute atomic E-state index is 0.0215. The van der Waals surface area contributed by atoms with Crippen LogP contribution in [0.5, 0.6) is 11.5 Å². The molecule has 0 radical (unpaired) electrons. The fraction of sp³-hybridized carbons (Fsp3) is 0.258. The number of hydroxylamine groups is 2. The summed E-state index contributed by atoms with van der Waals surface area (Å²) < 4.78 is 78.4. The van der Waals surface area contributed by atoms with Crippen LogP contribution >= 0.6 is 23.5 Å². The predicted molar refractivity (Wildman–Crippen MR) is 294 cm³/mol. The van der Waals surface area contributed by atoms with Gasteiger partial charge in [0.2, 0.25) is 16.6 Å². The van der Waals surface area contributed by atoms with Gasteiger partial charge >= 0.3 is 0 Å². The minimum Gasteiger partial charge on any atom is -0.483 e. The number of halogens is 4. The summed E-state index contributed by atoms with van der Waals surface area (Å²) in [4.78, 5) is 33.2. The number of nitrogens with zero attached hydrogens (tertiary/aromatic N) is 3. The molecule has 3 unspecified atom stereocenters. The summed E-state index contributed by atoms with van der Waals surface area (Å²) in [5.74, 6) is 2.93. The molecule has 4 N–H and O–H groups in total. The second-order valence-electron chi connectivity index (χ2n) is 20.9. The number of hydrogen-bond acceptors (Lipinski definition) is 13. The maximum Gasteiger partial charge on any atom is 0.227 e. The molecule has 410 valence electrons. The minimum atomic E-state index is -1.22. The van der Waals surface area contributed by atoms with Gasteiger partial charge in [-0.2, -0.15) is 11.0 Å². The molecule has 13 rings (SSSR count). The molecule has 2 aromatic heterocycles. The molecule has 2 aliphatic carbocycles. The van der Waals surface area contributed by atoms with Gasteiger partial charge in [-0.1, -0.05) is 109 Å². The average molecular weight is 1120 g/mol. The molecule has 8 aromatic rings. The van der Waals surface area contributed by atoms with Crippen LogP contribution in [0.25, 0.3) is 0 Å². The van der Waals surface area contributed by atoms with Crippen LogP contribution in [0.4, 0.5) is 17.6 Å². The number of ether oxygens (including phenoxy) is 2. The van der Waals surface area contributed by atoms with Gasteiger partial charge in [0.05, 0.1) is 18.3 Å². The SMILES string of the molecule is NON(CC1(C(O)c2occc(=O)c2OCc2ccccc2)CC1)[C@@H]1c2ccccc2SCc2c1ccc(F)c2F.O=c1ccn2c(c1OCc1ccccc1)C(O)C1(CC1)CN2C1c2ccccc2SCc2c1ccc(F)c2F. The number of benzene rings is 6. The first-order valence-corrected chi connectivity index (χ1v) is 28.2. The van der Waals surface area contributed by atoms with E-state index in [0.717, 1.165) is 51.0 Å². The third kappa shape index (κ3) is 10.0. The third-order valence-corrected chi connectivity index (χ3v) is 18.2. The third-order valence-electron chi connectivity index (χ3n) is 16.0. The molecule has 4 atom stereocenters. The molecular weight excluding hydrogens is 1070 g/mol. The van der Waals surface area contributed by atoms with Crippen LogP contribution in [0.1, 0.15) is 106 Å². The van der Waals surface area contributed by atoms with E-state index in [1.165, 1.54) is 53.0 Å². The molecule has 12 nitrogen and oxygen atoms in total. The first-order chi connectivity index (χ1) is 38.9. The van der Waals surface area contributed by atoms with Gasteiger partial charge in [0, 0.05) is 74.7 Å². The Bertz CT molecular complexity index is 3730. The summed E-state index contributed by atoms with van der Waals surface area (Å²) in [5.41, 5.74) is 3.74. The molecule has 2 fully saturated rings. The van der Waals surface area contributed by atoms with E-state index >= 15 is 8.78 Å². The summed E-state index contributed by atoms with van der Waals surface area (Å²) >= 11 is 2.89. The van der Waals surface area contributed by atoms with Crippen molar-refractivity contribution in [3.05, 3.63) is 258 Å². The summed E-state index contributed by atoms with van der Waals surface area (Å²) in [6.45, 7) is 0.909. The highest BCUT2D eigenvalue weighted by Crippen LogP contribution is 2.60. The summed E-state index contributed by atoms with van der Waals surface area (Å²) in [6.07, 6.45) is 3.52. The molecule has 18 heteroatoms. The number of aliphatic hydroxyl groups is 2. The lowest BCUT2D eigenvalue weighted by Gasteiger charge is -2.46.